The number of pyridine rings is 1. The molecule has 0 saturated carbocycles. The number of carbonyl (C=O) groups is 1. The molecule has 0 aliphatic rings. The molecule has 1 amide bonds. The van der Waals surface area contributed by atoms with Crippen LogP contribution in [0, 0.1) is 0 Å². The van der Waals surface area contributed by atoms with Gasteiger partial charge >= 0.3 is 0 Å². The number of aromatic nitrogens is 1. The monoisotopic (exact) mass is 261 g/mol. The van der Waals surface area contributed by atoms with Gasteiger partial charge in [-0.25, -0.2) is 4.98 Å². The van der Waals surface area contributed by atoms with E-state index in [1.807, 2.05) is 7.05 Å². The van der Waals surface area contributed by atoms with Crippen LogP contribution in [0.15, 0.2) is 12.1 Å². The lowest BCUT2D eigenvalue weighted by Crippen LogP contribution is -2.33. The smallest absolute Gasteiger partial charge is 0.256 e. The van der Waals surface area contributed by atoms with Crippen LogP contribution < -0.4 is 5.32 Å². The van der Waals surface area contributed by atoms with Crippen LogP contribution in [0.25, 0.3) is 0 Å². The third-order valence-electron chi connectivity index (χ3n) is 2.09. The van der Waals surface area contributed by atoms with Crippen molar-refractivity contribution in [2.75, 3.05) is 27.2 Å². The zero-order valence-corrected chi connectivity index (χ0v) is 10.6. The normalized spacial score (nSPS) is 10.2. The van der Waals surface area contributed by atoms with Gasteiger partial charge in [-0.15, -0.1) is 0 Å². The lowest BCUT2D eigenvalue weighted by atomic mass is 10.2. The first kappa shape index (κ1) is 13.2. The van der Waals surface area contributed by atoms with Gasteiger partial charge in [0, 0.05) is 20.1 Å². The number of halogens is 2. The maximum Gasteiger partial charge on any atom is 0.256 e. The fraction of sp³-hybridized carbons (Fsp3) is 0.400. The molecule has 1 N–H and O–H groups in total. The highest BCUT2D eigenvalue weighted by atomic mass is 35.5. The summed E-state index contributed by atoms with van der Waals surface area (Å²) in [5, 5.41) is 3.38. The zero-order valence-electron chi connectivity index (χ0n) is 9.13. The van der Waals surface area contributed by atoms with Crippen molar-refractivity contribution in [3.05, 3.63) is 28.0 Å². The molecule has 0 aliphatic heterocycles. The average molecular weight is 262 g/mol. The lowest BCUT2D eigenvalue weighted by Gasteiger charge is -2.17. The quantitative estimate of drug-likeness (QED) is 0.840. The van der Waals surface area contributed by atoms with Crippen molar-refractivity contribution in [3.8, 4) is 0 Å². The zero-order chi connectivity index (χ0) is 12.1. The van der Waals surface area contributed by atoms with Gasteiger partial charge < -0.3 is 10.2 Å². The first-order valence-electron chi connectivity index (χ1n) is 4.78. The SMILES string of the molecule is CNCCN(C)C(=O)c1ccc(Cl)nc1Cl. The standard InChI is InChI=1S/C10H13Cl2N3O/c1-13-5-6-15(2)10(16)7-3-4-8(11)14-9(7)12/h3-4,13H,5-6H2,1-2H3. The van der Waals surface area contributed by atoms with E-state index in [9.17, 15) is 4.79 Å². The number of nitrogens with one attached hydrogen (secondary N) is 1. The molecule has 0 fully saturated rings. The summed E-state index contributed by atoms with van der Waals surface area (Å²) >= 11 is 11.5. The van der Waals surface area contributed by atoms with E-state index in [-0.39, 0.29) is 16.2 Å². The molecule has 0 spiro atoms. The second-order valence-corrected chi connectivity index (χ2v) is 4.05. The van der Waals surface area contributed by atoms with Gasteiger partial charge in [0.25, 0.3) is 5.91 Å². The second-order valence-electron chi connectivity index (χ2n) is 3.30. The molecule has 4 nitrogen and oxygen atoms in total. The van der Waals surface area contributed by atoms with Crippen molar-refractivity contribution in [1.29, 1.82) is 0 Å². The minimum absolute atomic E-state index is 0.133. The topological polar surface area (TPSA) is 45.2 Å². The van der Waals surface area contributed by atoms with Crippen molar-refractivity contribution in [1.82, 2.24) is 15.2 Å². The fourth-order valence-corrected chi connectivity index (χ4v) is 1.58. The summed E-state index contributed by atoms with van der Waals surface area (Å²) in [5.74, 6) is -0.163. The summed E-state index contributed by atoms with van der Waals surface area (Å²) in [6.07, 6.45) is 0. The highest BCUT2D eigenvalue weighted by Gasteiger charge is 2.15. The molecule has 0 unspecified atom stereocenters. The van der Waals surface area contributed by atoms with Crippen molar-refractivity contribution < 1.29 is 4.79 Å². The van der Waals surface area contributed by atoms with Crippen molar-refractivity contribution >= 4 is 29.1 Å². The summed E-state index contributed by atoms with van der Waals surface area (Å²) < 4.78 is 0. The fourth-order valence-electron chi connectivity index (χ4n) is 1.16. The van der Waals surface area contributed by atoms with Crippen molar-refractivity contribution in [2.24, 2.45) is 0 Å². The Hall–Kier alpha value is -0.840. The van der Waals surface area contributed by atoms with Crippen LogP contribution in [0.4, 0.5) is 0 Å². The summed E-state index contributed by atoms with van der Waals surface area (Å²) in [7, 11) is 3.54. The predicted molar refractivity (Wildman–Crippen MR) is 65.1 cm³/mol. The van der Waals surface area contributed by atoms with E-state index in [1.165, 1.54) is 0 Å². The Kier molecular flexibility index (Phi) is 4.99. The van der Waals surface area contributed by atoms with Crippen LogP contribution in [-0.4, -0.2) is 43.0 Å². The van der Waals surface area contributed by atoms with Gasteiger partial charge in [-0.2, -0.15) is 0 Å². The minimum atomic E-state index is -0.163. The largest absolute Gasteiger partial charge is 0.340 e. The Bertz CT molecular complexity index is 384. The number of hydrogen-bond donors (Lipinski definition) is 1. The van der Waals surface area contributed by atoms with Gasteiger partial charge in [0.1, 0.15) is 10.3 Å². The molecule has 1 aromatic heterocycles. The van der Waals surface area contributed by atoms with Gasteiger partial charge in [0.15, 0.2) is 0 Å². The third-order valence-corrected chi connectivity index (χ3v) is 2.59. The van der Waals surface area contributed by atoms with Crippen LogP contribution in [0.2, 0.25) is 10.3 Å². The van der Waals surface area contributed by atoms with Crippen LogP contribution in [0.3, 0.4) is 0 Å². The predicted octanol–water partition coefficient (Wildman–Crippen LogP) is 1.68. The number of amides is 1. The molecule has 0 radical (unpaired) electrons. The number of likely N-dealkylation sites (N-methyl/N-ethyl adjacent to an activating group) is 2. The van der Waals surface area contributed by atoms with E-state index in [1.54, 1.807) is 24.1 Å². The Labute approximate surface area is 105 Å². The molecule has 16 heavy (non-hydrogen) atoms. The number of carbonyl (C=O) groups excluding carboxylic acids is 1. The van der Waals surface area contributed by atoms with E-state index >= 15 is 0 Å². The van der Waals surface area contributed by atoms with Crippen LogP contribution in [0.1, 0.15) is 10.4 Å². The highest BCUT2D eigenvalue weighted by Crippen LogP contribution is 2.17. The van der Waals surface area contributed by atoms with E-state index in [4.69, 9.17) is 23.2 Å². The van der Waals surface area contributed by atoms with Crippen molar-refractivity contribution in [2.45, 2.75) is 0 Å². The number of hydrogen-bond acceptors (Lipinski definition) is 3. The maximum absolute atomic E-state index is 11.9. The van der Waals surface area contributed by atoms with E-state index in [0.29, 0.717) is 12.1 Å². The van der Waals surface area contributed by atoms with Gasteiger partial charge in [0.05, 0.1) is 5.56 Å². The average Bonchev–Trinajstić information content (AvgIpc) is 2.25. The molecule has 1 rings (SSSR count). The molecule has 6 heteroatoms. The molecule has 0 aliphatic carbocycles. The maximum atomic E-state index is 11.9. The molecule has 0 bridgehead atoms. The molecular weight excluding hydrogens is 249 g/mol. The number of rotatable bonds is 4. The summed E-state index contributed by atoms with van der Waals surface area (Å²) in [6.45, 7) is 1.33. The third kappa shape index (κ3) is 3.33. The van der Waals surface area contributed by atoms with E-state index < -0.39 is 0 Å². The van der Waals surface area contributed by atoms with Gasteiger partial charge in [-0.3, -0.25) is 4.79 Å². The molecule has 0 atom stereocenters. The highest BCUT2D eigenvalue weighted by molar-refractivity contribution is 6.34. The Morgan fingerprint density at radius 3 is 2.75 bits per heavy atom. The van der Waals surface area contributed by atoms with Gasteiger partial charge in [-0.05, 0) is 19.2 Å². The van der Waals surface area contributed by atoms with Crippen LogP contribution in [0.5, 0.6) is 0 Å². The Morgan fingerprint density at radius 2 is 2.19 bits per heavy atom. The Balaban J connectivity index is 2.79. The summed E-state index contributed by atoms with van der Waals surface area (Å²) in [4.78, 5) is 17.3. The van der Waals surface area contributed by atoms with Gasteiger partial charge in [0.2, 0.25) is 0 Å². The molecular formula is C10H13Cl2N3O. The lowest BCUT2D eigenvalue weighted by molar-refractivity contribution is 0.0796. The van der Waals surface area contributed by atoms with Crippen LogP contribution in [-0.2, 0) is 0 Å². The van der Waals surface area contributed by atoms with E-state index in [2.05, 4.69) is 10.3 Å². The summed E-state index contributed by atoms with van der Waals surface area (Å²) in [6, 6.07) is 3.13. The van der Waals surface area contributed by atoms with Crippen LogP contribution >= 0.6 is 23.2 Å². The molecule has 0 saturated heterocycles. The molecule has 0 aromatic carbocycles. The number of nitrogens with zero attached hydrogens (tertiary/aromatic N) is 2. The van der Waals surface area contributed by atoms with Crippen molar-refractivity contribution in [3.63, 3.8) is 0 Å². The van der Waals surface area contributed by atoms with Gasteiger partial charge in [-0.1, -0.05) is 23.2 Å². The molecule has 1 aromatic rings. The summed E-state index contributed by atoms with van der Waals surface area (Å²) in [5.41, 5.74) is 0.365. The molecule has 88 valence electrons. The second kappa shape index (κ2) is 6.03. The molecule has 1 heterocycles. The minimum Gasteiger partial charge on any atom is -0.340 e. The van der Waals surface area contributed by atoms with E-state index in [0.717, 1.165) is 6.54 Å². The first-order valence-corrected chi connectivity index (χ1v) is 5.54. The first-order chi connectivity index (χ1) is 7.56. The Morgan fingerprint density at radius 1 is 1.50 bits per heavy atom.